The average Bonchev–Trinajstić information content (AvgIpc) is 3.25. The van der Waals surface area contributed by atoms with Gasteiger partial charge in [0.15, 0.2) is 0 Å². The van der Waals surface area contributed by atoms with E-state index in [1.165, 1.54) is 0 Å². The fourth-order valence-electron chi connectivity index (χ4n) is 5.97. The van der Waals surface area contributed by atoms with Crippen LogP contribution < -0.4 is 9.64 Å². The van der Waals surface area contributed by atoms with Crippen LogP contribution in [0.4, 0.5) is 5.82 Å². The molecule has 3 aromatic heterocycles. The first-order valence-electron chi connectivity index (χ1n) is 12.5. The van der Waals surface area contributed by atoms with E-state index in [-0.39, 0.29) is 18.1 Å². The van der Waals surface area contributed by atoms with Crippen molar-refractivity contribution in [2.45, 2.75) is 31.8 Å². The van der Waals surface area contributed by atoms with Crippen molar-refractivity contribution in [1.29, 1.82) is 5.26 Å². The number of aliphatic hydroxyl groups is 1. The summed E-state index contributed by atoms with van der Waals surface area (Å²) in [6.45, 7) is 2.05. The third-order valence-electron chi connectivity index (χ3n) is 8.09. The van der Waals surface area contributed by atoms with Crippen LogP contribution in [0.15, 0.2) is 55.0 Å². The minimum atomic E-state index is -0.136. The standard InChI is InChI=1S/C28H26N6O2/c29-12-18-8-19-2-1-3-25(27(19)31-13-18)36-23-5-4-20-14-32-34(24(20)10-23)22-6-7-30-26(9-22)33-15-21-11-28(21,16-33)17-35/h4-10,13-14,21,25,35H,1-3,11,15-17H2/t21-,25+,28+/m0/s1. The lowest BCUT2D eigenvalue weighted by Gasteiger charge is -2.25. The maximum atomic E-state index is 9.79. The molecule has 0 spiro atoms. The number of aromatic nitrogens is 4. The summed E-state index contributed by atoms with van der Waals surface area (Å²) in [5.41, 5.74) is 4.60. The van der Waals surface area contributed by atoms with Crippen LogP contribution in [0, 0.1) is 22.7 Å². The number of nitriles is 1. The van der Waals surface area contributed by atoms with Gasteiger partial charge in [0.1, 0.15) is 23.7 Å². The van der Waals surface area contributed by atoms with Gasteiger partial charge in [0, 0.05) is 48.4 Å². The molecule has 2 aliphatic carbocycles. The predicted octanol–water partition coefficient (Wildman–Crippen LogP) is 3.96. The number of ether oxygens (including phenoxy) is 1. The van der Waals surface area contributed by atoms with Crippen molar-refractivity contribution in [3.05, 3.63) is 71.8 Å². The van der Waals surface area contributed by atoms with E-state index in [1.54, 1.807) is 6.20 Å². The van der Waals surface area contributed by atoms with E-state index in [2.05, 4.69) is 32.1 Å². The number of hydrogen-bond acceptors (Lipinski definition) is 7. The highest BCUT2D eigenvalue weighted by Crippen LogP contribution is 2.57. The second-order valence-corrected chi connectivity index (χ2v) is 10.3. The molecule has 3 aliphatic rings. The van der Waals surface area contributed by atoms with E-state index in [0.717, 1.165) is 78.2 Å². The van der Waals surface area contributed by atoms with Gasteiger partial charge in [-0.2, -0.15) is 10.4 Å². The van der Waals surface area contributed by atoms with Crippen molar-refractivity contribution < 1.29 is 9.84 Å². The first kappa shape index (κ1) is 21.3. The van der Waals surface area contributed by atoms with Gasteiger partial charge < -0.3 is 14.7 Å². The monoisotopic (exact) mass is 478 g/mol. The van der Waals surface area contributed by atoms with Gasteiger partial charge in [-0.05, 0) is 61.4 Å². The molecular formula is C28H26N6O2. The van der Waals surface area contributed by atoms with Gasteiger partial charge in [-0.25, -0.2) is 9.67 Å². The lowest BCUT2D eigenvalue weighted by atomic mass is 9.93. The second-order valence-electron chi connectivity index (χ2n) is 10.3. The Labute approximate surface area is 208 Å². The van der Waals surface area contributed by atoms with Crippen LogP contribution in [0.25, 0.3) is 16.6 Å². The van der Waals surface area contributed by atoms with Gasteiger partial charge in [0.25, 0.3) is 0 Å². The van der Waals surface area contributed by atoms with E-state index < -0.39 is 0 Å². The molecule has 7 rings (SSSR count). The Hall–Kier alpha value is -3.96. The van der Waals surface area contributed by atoms with Gasteiger partial charge in [0.05, 0.1) is 35.3 Å². The van der Waals surface area contributed by atoms with Crippen molar-refractivity contribution in [1.82, 2.24) is 19.7 Å². The molecule has 1 aromatic carbocycles. The van der Waals surface area contributed by atoms with E-state index >= 15 is 0 Å². The summed E-state index contributed by atoms with van der Waals surface area (Å²) in [5, 5.41) is 24.7. The molecule has 1 aliphatic heterocycles. The summed E-state index contributed by atoms with van der Waals surface area (Å²) < 4.78 is 8.37. The van der Waals surface area contributed by atoms with E-state index in [9.17, 15) is 10.4 Å². The highest BCUT2D eigenvalue weighted by atomic mass is 16.5. The van der Waals surface area contributed by atoms with Crippen LogP contribution in [0.3, 0.4) is 0 Å². The molecule has 0 bridgehead atoms. The molecule has 8 nitrogen and oxygen atoms in total. The summed E-state index contributed by atoms with van der Waals surface area (Å²) in [6.07, 6.45) is 9.12. The summed E-state index contributed by atoms with van der Waals surface area (Å²) in [6, 6.07) is 14.2. The summed E-state index contributed by atoms with van der Waals surface area (Å²) in [5.74, 6) is 2.27. The number of hydrogen-bond donors (Lipinski definition) is 1. The number of aliphatic hydroxyl groups excluding tert-OH is 1. The quantitative estimate of drug-likeness (QED) is 0.463. The highest BCUT2D eigenvalue weighted by Gasteiger charge is 2.59. The lowest BCUT2D eigenvalue weighted by molar-refractivity contribution is 0.178. The lowest BCUT2D eigenvalue weighted by Crippen LogP contribution is -2.26. The number of rotatable bonds is 5. The zero-order chi connectivity index (χ0) is 24.3. The Morgan fingerprint density at radius 3 is 2.97 bits per heavy atom. The smallest absolute Gasteiger partial charge is 0.141 e. The maximum absolute atomic E-state index is 9.79. The molecule has 8 heteroatoms. The van der Waals surface area contributed by atoms with Crippen LogP contribution in [-0.2, 0) is 6.42 Å². The minimum Gasteiger partial charge on any atom is -0.484 e. The molecule has 3 atom stereocenters. The SMILES string of the molecule is N#Cc1cnc2c(c1)CCC[C@H]2Oc1ccc2cnn(-c3ccnc(N4C[C@@H]5C[C@]5(CO)C4)c3)c2c1. The third kappa shape index (κ3) is 3.42. The van der Waals surface area contributed by atoms with Crippen molar-refractivity contribution in [3.63, 3.8) is 0 Å². The van der Waals surface area contributed by atoms with E-state index in [4.69, 9.17) is 4.74 Å². The van der Waals surface area contributed by atoms with Crippen molar-refractivity contribution in [2.75, 3.05) is 24.6 Å². The van der Waals surface area contributed by atoms with Crippen LogP contribution in [0.1, 0.15) is 42.2 Å². The Bertz CT molecular complexity index is 1520. The molecule has 0 unspecified atom stereocenters. The van der Waals surface area contributed by atoms with Gasteiger partial charge in [-0.15, -0.1) is 0 Å². The second kappa shape index (κ2) is 8.04. The Morgan fingerprint density at radius 2 is 2.11 bits per heavy atom. The number of fused-ring (bicyclic) bond motifs is 3. The first-order valence-corrected chi connectivity index (χ1v) is 12.5. The Balaban J connectivity index is 1.18. The topological polar surface area (TPSA) is 100 Å². The minimum absolute atomic E-state index is 0.0745. The van der Waals surface area contributed by atoms with Crippen LogP contribution in [0.2, 0.25) is 0 Å². The molecule has 1 saturated heterocycles. The molecule has 1 N–H and O–H groups in total. The van der Waals surface area contributed by atoms with Gasteiger partial charge in [-0.1, -0.05) is 0 Å². The molecule has 180 valence electrons. The molecule has 2 fully saturated rings. The molecule has 36 heavy (non-hydrogen) atoms. The normalized spacial score (nSPS) is 24.3. The zero-order valence-electron chi connectivity index (χ0n) is 19.8. The number of pyridine rings is 2. The zero-order valence-corrected chi connectivity index (χ0v) is 19.8. The van der Waals surface area contributed by atoms with Crippen LogP contribution >= 0.6 is 0 Å². The summed E-state index contributed by atoms with van der Waals surface area (Å²) >= 11 is 0. The number of anilines is 1. The molecule has 4 heterocycles. The van der Waals surface area contributed by atoms with Gasteiger partial charge in [0.2, 0.25) is 0 Å². The molecule has 1 saturated carbocycles. The third-order valence-corrected chi connectivity index (χ3v) is 8.09. The van der Waals surface area contributed by atoms with Crippen molar-refractivity contribution in [3.8, 4) is 17.5 Å². The fourth-order valence-corrected chi connectivity index (χ4v) is 5.97. The molecule has 0 amide bonds. The largest absolute Gasteiger partial charge is 0.484 e. The number of piperidine rings is 1. The first-order chi connectivity index (χ1) is 17.7. The van der Waals surface area contributed by atoms with Gasteiger partial charge >= 0.3 is 0 Å². The van der Waals surface area contributed by atoms with Crippen molar-refractivity contribution >= 4 is 16.7 Å². The van der Waals surface area contributed by atoms with E-state index in [1.807, 2.05) is 47.4 Å². The predicted molar refractivity (Wildman–Crippen MR) is 134 cm³/mol. The molecule has 4 aromatic rings. The number of nitrogens with zero attached hydrogens (tertiary/aromatic N) is 6. The highest BCUT2D eigenvalue weighted by molar-refractivity contribution is 5.82. The average molecular weight is 479 g/mol. The van der Waals surface area contributed by atoms with Crippen molar-refractivity contribution in [2.24, 2.45) is 11.3 Å². The summed E-state index contributed by atoms with van der Waals surface area (Å²) in [7, 11) is 0. The van der Waals surface area contributed by atoms with E-state index in [0.29, 0.717) is 11.5 Å². The molecule has 0 radical (unpaired) electrons. The van der Waals surface area contributed by atoms with Crippen LogP contribution in [0.5, 0.6) is 5.75 Å². The number of aryl methyl sites for hydroxylation is 1. The Morgan fingerprint density at radius 1 is 1.17 bits per heavy atom. The fraction of sp³-hybridized carbons (Fsp3) is 0.357. The summed E-state index contributed by atoms with van der Waals surface area (Å²) in [4.78, 5) is 11.4. The number of benzene rings is 1. The van der Waals surface area contributed by atoms with Crippen LogP contribution in [-0.4, -0.2) is 44.6 Å². The maximum Gasteiger partial charge on any atom is 0.141 e. The van der Waals surface area contributed by atoms with Gasteiger partial charge in [-0.3, -0.25) is 4.98 Å². The Kier molecular flexibility index (Phi) is 4.76. The molecular weight excluding hydrogens is 452 g/mol.